The van der Waals surface area contributed by atoms with E-state index in [-0.39, 0.29) is 42.0 Å². The molecule has 0 radical (unpaired) electrons. The van der Waals surface area contributed by atoms with Crippen LogP contribution in [0.25, 0.3) is 0 Å². The highest BCUT2D eigenvalue weighted by Crippen LogP contribution is 2.45. The topological polar surface area (TPSA) is 73.9 Å². The zero-order valence-electron chi connectivity index (χ0n) is 10.9. The number of allylic oxidation sites excluding steroid dienone is 1. The Labute approximate surface area is 111 Å². The van der Waals surface area contributed by atoms with Gasteiger partial charge in [0.2, 0.25) is 18.1 Å². The van der Waals surface area contributed by atoms with E-state index in [4.69, 9.17) is 14.2 Å². The lowest BCUT2D eigenvalue weighted by Crippen LogP contribution is -2.46. The Bertz CT molecular complexity index is 446. The summed E-state index contributed by atoms with van der Waals surface area (Å²) in [7, 11) is 3.19. The molecule has 6 nitrogen and oxygen atoms in total. The SMILES string of the molecule is CO[C@@H]1C[C@H](OC)[C@@H]2C(=CC[C@@H]3C(=O)NC(=O)[C@H]23)O1. The van der Waals surface area contributed by atoms with E-state index in [1.165, 1.54) is 0 Å². The van der Waals surface area contributed by atoms with E-state index in [1.807, 2.05) is 6.08 Å². The third-order valence-corrected chi connectivity index (χ3v) is 4.27. The van der Waals surface area contributed by atoms with Gasteiger partial charge in [-0.05, 0) is 12.5 Å². The second kappa shape index (κ2) is 4.61. The van der Waals surface area contributed by atoms with Crippen LogP contribution >= 0.6 is 0 Å². The number of fused-ring (bicyclic) bond motifs is 3. The normalized spacial score (nSPS) is 40.9. The second-order valence-corrected chi connectivity index (χ2v) is 5.15. The molecule has 0 aromatic carbocycles. The third-order valence-electron chi connectivity index (χ3n) is 4.27. The van der Waals surface area contributed by atoms with Crippen LogP contribution in [0.2, 0.25) is 0 Å². The number of methoxy groups -OCH3 is 2. The Balaban J connectivity index is 1.94. The van der Waals surface area contributed by atoms with Crippen molar-refractivity contribution >= 4 is 11.8 Å². The van der Waals surface area contributed by atoms with Crippen molar-refractivity contribution in [2.45, 2.75) is 25.2 Å². The molecular formula is C13H17NO5. The first-order valence-corrected chi connectivity index (χ1v) is 6.42. The molecule has 2 aliphatic heterocycles. The molecule has 2 saturated heterocycles. The van der Waals surface area contributed by atoms with Crippen molar-refractivity contribution in [1.29, 1.82) is 0 Å². The number of ether oxygens (including phenoxy) is 3. The maximum absolute atomic E-state index is 12.0. The number of hydrogen-bond donors (Lipinski definition) is 1. The van der Waals surface area contributed by atoms with Crippen LogP contribution in [0.4, 0.5) is 0 Å². The highest BCUT2D eigenvalue weighted by atomic mass is 16.7. The van der Waals surface area contributed by atoms with Gasteiger partial charge >= 0.3 is 0 Å². The molecular weight excluding hydrogens is 250 g/mol. The molecule has 1 N–H and O–H groups in total. The van der Waals surface area contributed by atoms with Gasteiger partial charge in [0.25, 0.3) is 0 Å². The highest BCUT2D eigenvalue weighted by molar-refractivity contribution is 6.05. The average molecular weight is 267 g/mol. The Kier molecular flexibility index (Phi) is 3.06. The van der Waals surface area contributed by atoms with Crippen molar-refractivity contribution in [3.63, 3.8) is 0 Å². The number of rotatable bonds is 2. The van der Waals surface area contributed by atoms with Crippen LogP contribution in [0, 0.1) is 17.8 Å². The van der Waals surface area contributed by atoms with Crippen LogP contribution in [0.5, 0.6) is 0 Å². The quantitative estimate of drug-likeness (QED) is 0.723. The minimum Gasteiger partial charge on any atom is -0.469 e. The van der Waals surface area contributed by atoms with Crippen LogP contribution in [0.3, 0.4) is 0 Å². The number of carbonyl (C=O) groups excluding carboxylic acids is 2. The number of hydrogen-bond acceptors (Lipinski definition) is 5. The van der Waals surface area contributed by atoms with E-state index >= 15 is 0 Å². The van der Waals surface area contributed by atoms with Crippen LogP contribution in [0.15, 0.2) is 11.8 Å². The van der Waals surface area contributed by atoms with Gasteiger partial charge in [0.05, 0.1) is 23.9 Å². The lowest BCUT2D eigenvalue weighted by atomic mass is 9.72. The third kappa shape index (κ3) is 1.86. The van der Waals surface area contributed by atoms with E-state index in [2.05, 4.69) is 5.32 Å². The zero-order valence-corrected chi connectivity index (χ0v) is 10.9. The predicted octanol–water partition coefficient (Wildman–Crippen LogP) is 0.187. The van der Waals surface area contributed by atoms with Crippen molar-refractivity contribution < 1.29 is 23.8 Å². The van der Waals surface area contributed by atoms with Gasteiger partial charge in [0.1, 0.15) is 5.76 Å². The smallest absolute Gasteiger partial charge is 0.231 e. The van der Waals surface area contributed by atoms with Crippen LogP contribution < -0.4 is 5.32 Å². The highest BCUT2D eigenvalue weighted by Gasteiger charge is 2.54. The van der Waals surface area contributed by atoms with Crippen molar-refractivity contribution in [1.82, 2.24) is 5.32 Å². The molecule has 0 bridgehead atoms. The first kappa shape index (κ1) is 12.6. The molecule has 3 rings (SSSR count). The molecule has 6 heteroatoms. The van der Waals surface area contributed by atoms with Crippen molar-refractivity contribution in [3.8, 4) is 0 Å². The second-order valence-electron chi connectivity index (χ2n) is 5.15. The molecule has 1 aliphatic carbocycles. The van der Waals surface area contributed by atoms with Crippen LogP contribution in [-0.4, -0.2) is 38.4 Å². The summed E-state index contributed by atoms with van der Waals surface area (Å²) in [5.74, 6) is -0.546. The maximum Gasteiger partial charge on any atom is 0.231 e. The molecule has 0 aromatic heterocycles. The summed E-state index contributed by atoms with van der Waals surface area (Å²) in [6.45, 7) is 0. The molecule has 0 spiro atoms. The van der Waals surface area contributed by atoms with Crippen molar-refractivity contribution in [3.05, 3.63) is 11.8 Å². The van der Waals surface area contributed by atoms with Gasteiger partial charge < -0.3 is 14.2 Å². The fourth-order valence-corrected chi connectivity index (χ4v) is 3.33. The predicted molar refractivity (Wildman–Crippen MR) is 63.6 cm³/mol. The molecule has 104 valence electrons. The van der Waals surface area contributed by atoms with Gasteiger partial charge in [-0.3, -0.25) is 14.9 Å². The van der Waals surface area contributed by atoms with Crippen LogP contribution in [-0.2, 0) is 23.8 Å². The Hall–Kier alpha value is -1.40. The Morgan fingerprint density at radius 2 is 2.00 bits per heavy atom. The molecule has 3 aliphatic rings. The Morgan fingerprint density at radius 1 is 1.21 bits per heavy atom. The van der Waals surface area contributed by atoms with E-state index < -0.39 is 0 Å². The number of imide groups is 1. The van der Waals surface area contributed by atoms with Gasteiger partial charge in [0.15, 0.2) is 0 Å². The summed E-state index contributed by atoms with van der Waals surface area (Å²) in [6, 6.07) is 0. The van der Waals surface area contributed by atoms with E-state index in [1.54, 1.807) is 14.2 Å². The summed E-state index contributed by atoms with van der Waals surface area (Å²) in [5, 5.41) is 2.41. The maximum atomic E-state index is 12.0. The molecule has 2 amide bonds. The van der Waals surface area contributed by atoms with E-state index in [0.29, 0.717) is 12.8 Å². The minimum absolute atomic E-state index is 0.172. The Morgan fingerprint density at radius 3 is 2.68 bits per heavy atom. The van der Waals surface area contributed by atoms with E-state index in [9.17, 15) is 9.59 Å². The molecule has 2 heterocycles. The summed E-state index contributed by atoms with van der Waals surface area (Å²) in [4.78, 5) is 23.7. The summed E-state index contributed by atoms with van der Waals surface area (Å²) >= 11 is 0. The minimum atomic E-state index is -0.379. The fourth-order valence-electron chi connectivity index (χ4n) is 3.33. The monoisotopic (exact) mass is 267 g/mol. The zero-order chi connectivity index (χ0) is 13.6. The van der Waals surface area contributed by atoms with Gasteiger partial charge in [-0.2, -0.15) is 0 Å². The van der Waals surface area contributed by atoms with Gasteiger partial charge in [-0.15, -0.1) is 0 Å². The standard InChI is InChI=1S/C13H17NO5/c1-17-8-5-9(18-2)19-7-4-3-6-10(11(7)8)13(16)14-12(6)15/h4,6,8-11H,3,5H2,1-2H3,(H,14,15,16)/t6-,8-,9-,10-,11-/m0/s1. The van der Waals surface area contributed by atoms with Gasteiger partial charge in [-0.1, -0.05) is 0 Å². The van der Waals surface area contributed by atoms with Crippen LogP contribution in [0.1, 0.15) is 12.8 Å². The number of carbonyl (C=O) groups is 2. The van der Waals surface area contributed by atoms with E-state index in [0.717, 1.165) is 5.76 Å². The van der Waals surface area contributed by atoms with Crippen molar-refractivity contribution in [2.75, 3.05) is 14.2 Å². The molecule has 0 aromatic rings. The molecule has 2 fully saturated rings. The molecule has 19 heavy (non-hydrogen) atoms. The lowest BCUT2D eigenvalue weighted by Gasteiger charge is -2.42. The number of nitrogens with one attached hydrogen (secondary N) is 1. The molecule has 5 atom stereocenters. The first-order valence-electron chi connectivity index (χ1n) is 6.42. The largest absolute Gasteiger partial charge is 0.469 e. The molecule has 0 unspecified atom stereocenters. The molecule has 0 saturated carbocycles. The summed E-state index contributed by atoms with van der Waals surface area (Å²) < 4.78 is 16.4. The lowest BCUT2D eigenvalue weighted by molar-refractivity contribution is -0.177. The number of amides is 2. The average Bonchev–Trinajstić information content (AvgIpc) is 2.72. The summed E-state index contributed by atoms with van der Waals surface area (Å²) in [6.07, 6.45) is 2.44. The van der Waals surface area contributed by atoms with Gasteiger partial charge in [0, 0.05) is 20.6 Å². The summed E-state index contributed by atoms with van der Waals surface area (Å²) in [5.41, 5.74) is 0. The fraction of sp³-hybridized carbons (Fsp3) is 0.692. The van der Waals surface area contributed by atoms with Crippen molar-refractivity contribution in [2.24, 2.45) is 17.8 Å². The van der Waals surface area contributed by atoms with Gasteiger partial charge in [-0.25, -0.2) is 0 Å². The first-order chi connectivity index (χ1) is 9.15.